The zero-order chi connectivity index (χ0) is 27.3. The maximum absolute atomic E-state index is 13.9. The molecule has 3 aromatic carbocycles. The first-order chi connectivity index (χ1) is 18.8. The number of thioether (sulfide) groups is 1. The molecule has 2 aliphatic rings. The van der Waals surface area contributed by atoms with E-state index in [9.17, 15) is 24.5 Å². The van der Waals surface area contributed by atoms with Gasteiger partial charge in [-0.1, -0.05) is 65.0 Å². The molecule has 4 aromatic rings. The van der Waals surface area contributed by atoms with Crippen molar-refractivity contribution in [3.63, 3.8) is 0 Å². The SMILES string of the molecule is O=C1C2Sc3[nH]c(=O)sc3C(c3cc([N+](=O)[O-])ccc3OCc3ccc(Cl)cc3)C2C(=O)N1c1ccccc1. The number of anilines is 1. The number of imide groups is 1. The lowest BCUT2D eigenvalue weighted by molar-refractivity contribution is -0.385. The third-order valence-electron chi connectivity index (χ3n) is 6.69. The van der Waals surface area contributed by atoms with Gasteiger partial charge in [0.15, 0.2) is 0 Å². The molecule has 3 heterocycles. The summed E-state index contributed by atoms with van der Waals surface area (Å²) in [6.07, 6.45) is 0. The third-order valence-corrected chi connectivity index (χ3v) is 9.34. The van der Waals surface area contributed by atoms with Crippen molar-refractivity contribution in [2.24, 2.45) is 5.92 Å². The Morgan fingerprint density at radius 1 is 1.00 bits per heavy atom. The van der Waals surface area contributed by atoms with Crippen LogP contribution in [-0.2, 0) is 16.2 Å². The number of halogens is 1. The van der Waals surface area contributed by atoms with Crippen molar-refractivity contribution in [1.29, 1.82) is 0 Å². The highest BCUT2D eigenvalue weighted by atomic mass is 35.5. The van der Waals surface area contributed by atoms with Crippen LogP contribution < -0.4 is 14.5 Å². The van der Waals surface area contributed by atoms with Gasteiger partial charge in [0.1, 0.15) is 17.6 Å². The highest BCUT2D eigenvalue weighted by molar-refractivity contribution is 8.00. The summed E-state index contributed by atoms with van der Waals surface area (Å²) in [5.41, 5.74) is 1.42. The van der Waals surface area contributed by atoms with Crippen LogP contribution in [0.1, 0.15) is 21.9 Å². The smallest absolute Gasteiger partial charge is 0.305 e. The van der Waals surface area contributed by atoms with Crippen LogP contribution in [0.3, 0.4) is 0 Å². The molecule has 3 unspecified atom stereocenters. The summed E-state index contributed by atoms with van der Waals surface area (Å²) < 4.78 is 6.13. The van der Waals surface area contributed by atoms with Gasteiger partial charge in [-0.05, 0) is 35.9 Å². The second-order valence-electron chi connectivity index (χ2n) is 8.99. The van der Waals surface area contributed by atoms with E-state index >= 15 is 0 Å². The summed E-state index contributed by atoms with van der Waals surface area (Å²) in [4.78, 5) is 55.3. The van der Waals surface area contributed by atoms with E-state index in [4.69, 9.17) is 16.3 Å². The van der Waals surface area contributed by atoms with Gasteiger partial charge in [0.25, 0.3) is 5.69 Å². The molecule has 0 aliphatic carbocycles. The molecule has 0 spiro atoms. The Balaban J connectivity index is 1.48. The first-order valence-electron chi connectivity index (χ1n) is 11.8. The van der Waals surface area contributed by atoms with Gasteiger partial charge < -0.3 is 9.72 Å². The summed E-state index contributed by atoms with van der Waals surface area (Å²) in [6.45, 7) is 0.136. The number of carbonyl (C=O) groups excluding carboxylic acids is 2. The molecule has 2 amide bonds. The summed E-state index contributed by atoms with van der Waals surface area (Å²) in [6, 6.07) is 19.9. The quantitative estimate of drug-likeness (QED) is 0.185. The number of rotatable bonds is 6. The van der Waals surface area contributed by atoms with Crippen molar-refractivity contribution in [2.75, 3.05) is 4.90 Å². The molecule has 0 radical (unpaired) electrons. The number of amides is 2. The van der Waals surface area contributed by atoms with Crippen LogP contribution in [0.4, 0.5) is 11.4 Å². The average Bonchev–Trinajstić information content (AvgIpc) is 3.43. The molecule has 39 heavy (non-hydrogen) atoms. The largest absolute Gasteiger partial charge is 0.489 e. The number of H-pyrrole nitrogens is 1. The number of nitrogens with one attached hydrogen (secondary N) is 1. The van der Waals surface area contributed by atoms with Gasteiger partial charge in [-0.2, -0.15) is 0 Å². The number of ether oxygens (including phenoxy) is 1. The fourth-order valence-corrected chi connectivity index (χ4v) is 7.58. The number of para-hydroxylation sites is 1. The maximum atomic E-state index is 13.9. The number of benzene rings is 3. The number of aromatic amines is 1. The number of fused-ring (bicyclic) bond motifs is 2. The van der Waals surface area contributed by atoms with Crippen LogP contribution in [0, 0.1) is 16.0 Å². The summed E-state index contributed by atoms with van der Waals surface area (Å²) in [5.74, 6) is -2.24. The zero-order valence-electron chi connectivity index (χ0n) is 19.9. The van der Waals surface area contributed by atoms with E-state index in [1.807, 2.05) is 0 Å². The van der Waals surface area contributed by atoms with E-state index in [1.54, 1.807) is 54.6 Å². The van der Waals surface area contributed by atoms with Gasteiger partial charge >= 0.3 is 4.87 Å². The minimum absolute atomic E-state index is 0.136. The highest BCUT2D eigenvalue weighted by Crippen LogP contribution is 2.55. The lowest BCUT2D eigenvalue weighted by atomic mass is 9.82. The second kappa shape index (κ2) is 9.99. The Morgan fingerprint density at radius 2 is 1.74 bits per heavy atom. The minimum atomic E-state index is -0.901. The van der Waals surface area contributed by atoms with E-state index in [0.29, 0.717) is 31.9 Å². The van der Waals surface area contributed by atoms with Gasteiger partial charge in [0.2, 0.25) is 11.8 Å². The van der Waals surface area contributed by atoms with Crippen LogP contribution >= 0.6 is 34.7 Å². The van der Waals surface area contributed by atoms with Crippen molar-refractivity contribution in [3.05, 3.63) is 114 Å². The number of hydrogen-bond donors (Lipinski definition) is 1. The molecule has 1 aromatic heterocycles. The minimum Gasteiger partial charge on any atom is -0.489 e. The molecular formula is C27H18ClN3O6S2. The Kier molecular flexibility index (Phi) is 6.49. The highest BCUT2D eigenvalue weighted by Gasteiger charge is 2.57. The molecule has 2 aliphatic heterocycles. The molecule has 3 atom stereocenters. The van der Waals surface area contributed by atoms with Gasteiger partial charge in [-0.25, -0.2) is 4.90 Å². The fraction of sp³-hybridized carbons (Fsp3) is 0.148. The van der Waals surface area contributed by atoms with E-state index in [1.165, 1.54) is 18.2 Å². The summed E-state index contributed by atoms with van der Waals surface area (Å²) in [7, 11) is 0. The van der Waals surface area contributed by atoms with Crippen molar-refractivity contribution in [1.82, 2.24) is 4.98 Å². The number of non-ortho nitro benzene ring substituents is 1. The number of aromatic nitrogens is 1. The van der Waals surface area contributed by atoms with Crippen LogP contribution in [0.25, 0.3) is 0 Å². The van der Waals surface area contributed by atoms with Crippen molar-refractivity contribution >= 4 is 57.9 Å². The summed E-state index contributed by atoms with van der Waals surface area (Å²) in [5, 5.41) is 12.0. The van der Waals surface area contributed by atoms with E-state index in [-0.39, 0.29) is 17.2 Å². The number of carbonyl (C=O) groups is 2. The maximum Gasteiger partial charge on any atom is 0.305 e. The molecule has 1 saturated heterocycles. The Bertz CT molecular complexity index is 1670. The van der Waals surface area contributed by atoms with E-state index in [0.717, 1.165) is 33.6 Å². The Hall–Kier alpha value is -3.93. The lowest BCUT2D eigenvalue weighted by Crippen LogP contribution is -2.32. The molecule has 9 nitrogen and oxygen atoms in total. The fourth-order valence-electron chi connectivity index (χ4n) is 4.95. The van der Waals surface area contributed by atoms with Crippen LogP contribution in [0.5, 0.6) is 5.75 Å². The number of hydrogen-bond acceptors (Lipinski definition) is 8. The van der Waals surface area contributed by atoms with Crippen LogP contribution in [0.2, 0.25) is 5.02 Å². The average molecular weight is 580 g/mol. The second-order valence-corrected chi connectivity index (χ2v) is 11.6. The molecule has 0 saturated carbocycles. The first-order valence-corrected chi connectivity index (χ1v) is 13.9. The molecule has 0 bridgehead atoms. The molecule has 1 N–H and O–H groups in total. The number of thiazole rings is 1. The molecule has 12 heteroatoms. The van der Waals surface area contributed by atoms with Gasteiger partial charge in [0, 0.05) is 33.5 Å². The van der Waals surface area contributed by atoms with Gasteiger partial charge in [0.05, 0.1) is 21.6 Å². The first kappa shape index (κ1) is 25.4. The monoisotopic (exact) mass is 579 g/mol. The van der Waals surface area contributed by atoms with Gasteiger partial charge in [-0.15, -0.1) is 0 Å². The molecular weight excluding hydrogens is 562 g/mol. The lowest BCUT2D eigenvalue weighted by Gasteiger charge is -2.30. The van der Waals surface area contributed by atoms with Crippen LogP contribution in [-0.4, -0.2) is 27.0 Å². The molecule has 1 fully saturated rings. The predicted molar refractivity (Wildman–Crippen MR) is 148 cm³/mol. The normalized spacial score (nSPS) is 20.0. The van der Waals surface area contributed by atoms with Crippen molar-refractivity contribution < 1.29 is 19.2 Å². The Morgan fingerprint density at radius 3 is 2.46 bits per heavy atom. The number of nitro groups is 1. The third kappa shape index (κ3) is 4.52. The van der Waals surface area contributed by atoms with E-state index < -0.39 is 33.8 Å². The van der Waals surface area contributed by atoms with Crippen molar-refractivity contribution in [3.8, 4) is 5.75 Å². The number of nitro benzene ring substituents is 1. The van der Waals surface area contributed by atoms with Crippen LogP contribution in [0.15, 0.2) is 82.6 Å². The Labute approximate surface area is 234 Å². The van der Waals surface area contributed by atoms with E-state index in [2.05, 4.69) is 4.98 Å². The topological polar surface area (TPSA) is 123 Å². The predicted octanol–water partition coefficient (Wildman–Crippen LogP) is 5.37. The van der Waals surface area contributed by atoms with Gasteiger partial charge in [-0.3, -0.25) is 24.5 Å². The standard InChI is InChI=1S/C27H18ClN3O6S2/c28-15-8-6-14(7-9-15)13-37-19-11-10-17(31(35)36)12-18(19)20-21-23(38-24-22(20)39-27(34)29-24)26(33)30(25(21)32)16-4-2-1-3-5-16/h1-12,20-21,23H,13H2,(H,29,34). The van der Waals surface area contributed by atoms with Crippen molar-refractivity contribution in [2.45, 2.75) is 22.8 Å². The summed E-state index contributed by atoms with van der Waals surface area (Å²) >= 11 is 8.06. The number of nitrogens with zero attached hydrogens (tertiary/aromatic N) is 2. The zero-order valence-corrected chi connectivity index (χ0v) is 22.3. The molecule has 6 rings (SSSR count). The molecule has 196 valence electrons.